The molecule has 2 aliphatic rings. The first-order valence-electron chi connectivity index (χ1n) is 17.2. The summed E-state index contributed by atoms with van der Waals surface area (Å²) in [4.78, 5) is 0. The van der Waals surface area contributed by atoms with Gasteiger partial charge in [-0.15, -0.1) is 47.4 Å². The van der Waals surface area contributed by atoms with Crippen molar-refractivity contribution in [3.8, 4) is 33.4 Å². The molecule has 0 bridgehead atoms. The van der Waals surface area contributed by atoms with Crippen molar-refractivity contribution in [2.45, 2.75) is 79.1 Å². The summed E-state index contributed by atoms with van der Waals surface area (Å²) in [6.07, 6.45) is 10.9. The first kappa shape index (κ1) is 38.0. The Hall–Kier alpha value is -3.80. The Balaban J connectivity index is 0.000000278. The summed E-state index contributed by atoms with van der Waals surface area (Å²) in [7, 11) is 0. The Morgan fingerprint density at radius 3 is 1.61 bits per heavy atom. The molecule has 0 amide bonds. The van der Waals surface area contributed by atoms with E-state index in [0.29, 0.717) is 0 Å². The monoisotopic (exact) mass is 717 g/mol. The Kier molecular flexibility index (Phi) is 13.4. The van der Waals surface area contributed by atoms with Crippen molar-refractivity contribution in [2.24, 2.45) is 0 Å². The van der Waals surface area contributed by atoms with Gasteiger partial charge in [-0.2, -0.15) is 29.7 Å². The van der Waals surface area contributed by atoms with Gasteiger partial charge in [-0.05, 0) is 39.5 Å². The molecule has 49 heavy (non-hydrogen) atoms. The van der Waals surface area contributed by atoms with Crippen molar-refractivity contribution >= 4 is 4.21 Å². The molecule has 0 aromatic heterocycles. The third-order valence-corrected chi connectivity index (χ3v) is 8.76. The Bertz CT molecular complexity index is 1730. The first-order valence-corrected chi connectivity index (χ1v) is 19.0. The van der Waals surface area contributed by atoms with Crippen LogP contribution in [0.25, 0.3) is 33.4 Å². The van der Waals surface area contributed by atoms with Crippen LogP contribution in [0, 0.1) is 18.1 Å². The molecular weight excluding hydrogens is 668 g/mol. The van der Waals surface area contributed by atoms with E-state index in [4.69, 9.17) is 0 Å². The first-order chi connectivity index (χ1) is 23.4. The normalized spacial score (nSPS) is 12.3. The maximum absolute atomic E-state index is 3.88. The summed E-state index contributed by atoms with van der Waals surface area (Å²) in [5, 5.41) is 0. The summed E-state index contributed by atoms with van der Waals surface area (Å²) < 4.78 is 3.34. The molecule has 0 unspecified atom stereocenters. The summed E-state index contributed by atoms with van der Waals surface area (Å²) in [5.74, 6) is 1.37. The molecule has 0 aliphatic heterocycles. The van der Waals surface area contributed by atoms with E-state index in [1.807, 2.05) is 18.2 Å². The molecule has 7 rings (SSSR count). The van der Waals surface area contributed by atoms with Crippen molar-refractivity contribution in [3.63, 3.8) is 0 Å². The number of rotatable bonds is 3. The zero-order valence-corrected chi connectivity index (χ0v) is 33.2. The molecule has 1 heteroatoms. The molecule has 0 N–H and O–H groups in total. The zero-order valence-electron chi connectivity index (χ0n) is 30.7. The van der Waals surface area contributed by atoms with Crippen molar-refractivity contribution in [2.75, 3.05) is 0 Å². The van der Waals surface area contributed by atoms with Gasteiger partial charge in [0.05, 0.1) is 0 Å². The van der Waals surface area contributed by atoms with Gasteiger partial charge in [0.15, 0.2) is 0 Å². The second-order valence-corrected chi connectivity index (χ2v) is 14.8. The minimum atomic E-state index is 0.0380. The van der Waals surface area contributed by atoms with Gasteiger partial charge in [-0.1, -0.05) is 151 Å². The standard InChI is InChI=1S/C33H33.C9H11.C5H5.CH2.Zr/c1-32(2,3)30-20-26-24(18-28(30)22-13-9-7-10-14-22)17-25-19-29(23-15-11-8-12-16-23)31(21-27(25)26)33(4,5)6;1-8(2)9-6-4-3-5-7-9;1-2-4-5-3-1;;/h7-16,18,20-21H,17H2,1-6H3;3-7H,1-2H3;1-3H,4H2;1H2;/q3*-1;;. The number of allylic oxidation sites excluding steroid dienone is 4. The molecule has 0 spiro atoms. The second kappa shape index (κ2) is 17.2. The fraction of sp³-hybridized carbons (Fsp3) is 0.250. The van der Waals surface area contributed by atoms with Gasteiger partial charge in [0, 0.05) is 0 Å². The summed E-state index contributed by atoms with van der Waals surface area (Å²) in [5.41, 5.74) is 14.8. The van der Waals surface area contributed by atoms with E-state index < -0.39 is 0 Å². The topological polar surface area (TPSA) is 0 Å². The van der Waals surface area contributed by atoms with Crippen LogP contribution in [0.3, 0.4) is 0 Å². The molecule has 0 atom stereocenters. The van der Waals surface area contributed by atoms with Crippen LogP contribution in [0.5, 0.6) is 0 Å². The van der Waals surface area contributed by atoms with Gasteiger partial charge in [0.2, 0.25) is 0 Å². The van der Waals surface area contributed by atoms with Gasteiger partial charge < -0.3 is 0 Å². The van der Waals surface area contributed by atoms with E-state index in [-0.39, 0.29) is 10.8 Å². The fourth-order valence-electron chi connectivity index (χ4n) is 6.21. The van der Waals surface area contributed by atoms with Gasteiger partial charge in [0.25, 0.3) is 0 Å². The quantitative estimate of drug-likeness (QED) is 0.160. The SMILES string of the molecule is CC(C)(C)c1cc2c([c-]c1-c1ccccc1)Cc1cc(-c3ccccc3)c(C(C)(C)C)cc1-2.C[C-](C)c1ccccc1.[C-]1=CC=CC1.[CH2]=[Zr]. The van der Waals surface area contributed by atoms with Gasteiger partial charge in [-0.25, -0.2) is 12.2 Å². The summed E-state index contributed by atoms with van der Waals surface area (Å²) >= 11 is 1.30. The van der Waals surface area contributed by atoms with Crippen LogP contribution < -0.4 is 0 Å². The fourth-order valence-corrected chi connectivity index (χ4v) is 6.21. The van der Waals surface area contributed by atoms with Crippen molar-refractivity contribution in [1.29, 1.82) is 0 Å². The van der Waals surface area contributed by atoms with Crippen molar-refractivity contribution in [3.05, 3.63) is 173 Å². The van der Waals surface area contributed by atoms with E-state index in [2.05, 4.69) is 181 Å². The molecular formula is C48H51Zr-3. The van der Waals surface area contributed by atoms with E-state index in [9.17, 15) is 0 Å². The number of hydrogen-bond acceptors (Lipinski definition) is 0. The molecule has 5 aromatic rings. The Morgan fingerprint density at radius 2 is 1.16 bits per heavy atom. The number of fused-ring (bicyclic) bond motifs is 3. The molecule has 0 saturated carbocycles. The molecule has 5 aromatic carbocycles. The van der Waals surface area contributed by atoms with Crippen molar-refractivity contribution in [1.82, 2.24) is 0 Å². The third kappa shape index (κ3) is 9.89. The molecule has 0 fully saturated rings. The number of benzene rings is 5. The molecule has 0 nitrogen and oxygen atoms in total. The summed E-state index contributed by atoms with van der Waals surface area (Å²) in [6, 6.07) is 43.2. The van der Waals surface area contributed by atoms with E-state index in [1.165, 1.54) is 91.4 Å². The third-order valence-electron chi connectivity index (χ3n) is 8.76. The van der Waals surface area contributed by atoms with Crippen LogP contribution >= 0.6 is 0 Å². The average Bonchev–Trinajstić information content (AvgIpc) is 3.81. The number of hydrogen-bond donors (Lipinski definition) is 0. The van der Waals surface area contributed by atoms with Crippen LogP contribution in [0.15, 0.2) is 127 Å². The van der Waals surface area contributed by atoms with Crippen LogP contribution in [0.4, 0.5) is 0 Å². The van der Waals surface area contributed by atoms with E-state index in [0.717, 1.165) is 12.8 Å². The minimum absolute atomic E-state index is 0.0380. The average molecular weight is 719 g/mol. The van der Waals surface area contributed by atoms with Gasteiger partial charge >= 0.3 is 28.4 Å². The molecule has 250 valence electrons. The van der Waals surface area contributed by atoms with Gasteiger partial charge in [0.1, 0.15) is 0 Å². The second-order valence-electron chi connectivity index (χ2n) is 14.8. The Labute approximate surface area is 312 Å². The van der Waals surface area contributed by atoms with Crippen LogP contribution in [-0.4, -0.2) is 4.21 Å². The van der Waals surface area contributed by atoms with Gasteiger partial charge in [-0.3, -0.25) is 6.08 Å². The summed E-state index contributed by atoms with van der Waals surface area (Å²) in [6.45, 7) is 18.1. The van der Waals surface area contributed by atoms with E-state index in [1.54, 1.807) is 0 Å². The molecule has 0 heterocycles. The zero-order chi connectivity index (χ0) is 35.6. The van der Waals surface area contributed by atoms with Crippen LogP contribution in [0.1, 0.15) is 89.6 Å². The molecule has 0 saturated heterocycles. The maximum atomic E-state index is 3.88. The molecule has 2 aliphatic carbocycles. The van der Waals surface area contributed by atoms with E-state index >= 15 is 0 Å². The predicted molar refractivity (Wildman–Crippen MR) is 211 cm³/mol. The Morgan fingerprint density at radius 1 is 0.633 bits per heavy atom. The van der Waals surface area contributed by atoms with Crippen molar-refractivity contribution < 1.29 is 24.2 Å². The molecule has 0 radical (unpaired) electrons. The van der Waals surface area contributed by atoms with Crippen LogP contribution in [-0.2, 0) is 41.5 Å². The predicted octanol–water partition coefficient (Wildman–Crippen LogP) is 12.9. The van der Waals surface area contributed by atoms with Crippen LogP contribution in [0.2, 0.25) is 0 Å².